The Balaban J connectivity index is 4.51. The highest BCUT2D eigenvalue weighted by Gasteiger charge is 2.41. The summed E-state index contributed by atoms with van der Waals surface area (Å²) in [7, 11) is 0. The summed E-state index contributed by atoms with van der Waals surface area (Å²) in [5.41, 5.74) is 0. The minimum absolute atomic E-state index is 0.180. The molecule has 1 atom stereocenters. The maximum Gasteiger partial charge on any atom is 0.405 e. The summed E-state index contributed by atoms with van der Waals surface area (Å²) in [6, 6.07) is 1.22. The summed E-state index contributed by atoms with van der Waals surface area (Å²) in [5, 5.41) is 8.50. The van der Waals surface area contributed by atoms with Crippen LogP contribution in [-0.2, 0) is 9.53 Å². The summed E-state index contributed by atoms with van der Waals surface area (Å²) in [4.78, 5) is 12.5. The van der Waals surface area contributed by atoms with Crippen LogP contribution in [0.3, 0.4) is 0 Å². The summed E-state index contributed by atoms with van der Waals surface area (Å²) >= 11 is 0. The van der Waals surface area contributed by atoms with Crippen molar-refractivity contribution in [1.29, 1.82) is 5.26 Å². The topological polar surface area (TPSA) is 53.3 Å². The molecule has 0 bridgehead atoms. The summed E-state index contributed by atoms with van der Waals surface area (Å²) in [6.45, 7) is 3.17. The highest BCUT2D eigenvalue weighted by Crippen LogP contribution is 2.26. The first-order valence-electron chi connectivity index (χ1n) is 5.69. The molecule has 0 N–H and O–H groups in total. The number of nitriles is 1. The average molecular weight is 266 g/mol. The van der Waals surface area contributed by atoms with Gasteiger partial charge in [-0.1, -0.05) is 6.92 Å². The number of halogens is 3. The van der Waals surface area contributed by atoms with Crippen LogP contribution < -0.4 is 0 Å². The zero-order valence-electron chi connectivity index (χ0n) is 10.5. The number of esters is 1. The first-order valence-corrected chi connectivity index (χ1v) is 5.69. The van der Waals surface area contributed by atoms with Gasteiger partial charge < -0.3 is 4.74 Å². The maximum atomic E-state index is 12.4. The van der Waals surface area contributed by atoms with Gasteiger partial charge in [0.1, 0.15) is 0 Å². The van der Waals surface area contributed by atoms with Crippen molar-refractivity contribution in [2.75, 3.05) is 26.2 Å². The van der Waals surface area contributed by atoms with E-state index in [0.717, 1.165) is 0 Å². The van der Waals surface area contributed by atoms with Crippen LogP contribution in [0.25, 0.3) is 0 Å². The highest BCUT2D eigenvalue weighted by atomic mass is 19.4. The lowest BCUT2D eigenvalue weighted by Crippen LogP contribution is -2.39. The van der Waals surface area contributed by atoms with Gasteiger partial charge in [0.05, 0.1) is 19.2 Å². The van der Waals surface area contributed by atoms with E-state index in [1.807, 2.05) is 0 Å². The van der Waals surface area contributed by atoms with Gasteiger partial charge in [-0.25, -0.2) is 0 Å². The summed E-state index contributed by atoms with van der Waals surface area (Å²) in [6.07, 6.45) is -3.98. The molecule has 0 amide bonds. The van der Waals surface area contributed by atoms with Crippen molar-refractivity contribution < 1.29 is 22.7 Å². The van der Waals surface area contributed by atoms with E-state index >= 15 is 0 Å². The SMILES string of the molecule is CCCN(CC(=O)OCC)CC(C#N)C(F)(F)F. The van der Waals surface area contributed by atoms with Crippen molar-refractivity contribution >= 4 is 5.97 Å². The number of ether oxygens (including phenoxy) is 1. The van der Waals surface area contributed by atoms with Gasteiger partial charge >= 0.3 is 12.1 Å². The number of carbonyl (C=O) groups is 1. The van der Waals surface area contributed by atoms with E-state index in [-0.39, 0.29) is 13.2 Å². The fourth-order valence-corrected chi connectivity index (χ4v) is 1.42. The lowest BCUT2D eigenvalue weighted by Gasteiger charge is -2.24. The second kappa shape index (κ2) is 7.93. The molecule has 0 rings (SSSR count). The van der Waals surface area contributed by atoms with Gasteiger partial charge in [-0.05, 0) is 19.9 Å². The van der Waals surface area contributed by atoms with Crippen molar-refractivity contribution in [3.05, 3.63) is 0 Å². The molecule has 0 saturated carbocycles. The number of carbonyl (C=O) groups excluding carboxylic acids is 1. The monoisotopic (exact) mass is 266 g/mol. The van der Waals surface area contributed by atoms with Crippen LogP contribution in [0.2, 0.25) is 0 Å². The quantitative estimate of drug-likeness (QED) is 0.661. The molecule has 0 aliphatic carbocycles. The van der Waals surface area contributed by atoms with Gasteiger partial charge in [-0.2, -0.15) is 18.4 Å². The normalized spacial score (nSPS) is 13.2. The summed E-state index contributed by atoms with van der Waals surface area (Å²) in [5.74, 6) is -2.66. The Morgan fingerprint density at radius 1 is 1.44 bits per heavy atom. The predicted molar refractivity (Wildman–Crippen MR) is 58.5 cm³/mol. The largest absolute Gasteiger partial charge is 0.465 e. The Morgan fingerprint density at radius 2 is 2.06 bits per heavy atom. The van der Waals surface area contributed by atoms with Crippen LogP contribution >= 0.6 is 0 Å². The molecule has 0 radical (unpaired) electrons. The minimum Gasteiger partial charge on any atom is -0.465 e. The van der Waals surface area contributed by atoms with Gasteiger partial charge in [0, 0.05) is 6.54 Å². The number of hydrogen-bond donors (Lipinski definition) is 0. The Kier molecular flexibility index (Phi) is 7.36. The lowest BCUT2D eigenvalue weighted by atomic mass is 10.1. The molecule has 18 heavy (non-hydrogen) atoms. The van der Waals surface area contributed by atoms with E-state index in [1.165, 1.54) is 11.0 Å². The summed E-state index contributed by atoms with van der Waals surface area (Å²) < 4.78 is 42.0. The number of rotatable bonds is 7. The molecule has 7 heteroatoms. The van der Waals surface area contributed by atoms with Crippen LogP contribution in [0.15, 0.2) is 0 Å². The molecule has 0 saturated heterocycles. The zero-order chi connectivity index (χ0) is 14.2. The highest BCUT2D eigenvalue weighted by molar-refractivity contribution is 5.71. The molecular weight excluding hydrogens is 249 g/mol. The molecular formula is C11H17F3N2O2. The third-order valence-electron chi connectivity index (χ3n) is 2.19. The van der Waals surface area contributed by atoms with E-state index < -0.39 is 24.6 Å². The first kappa shape index (κ1) is 16.7. The van der Waals surface area contributed by atoms with E-state index in [1.54, 1.807) is 13.8 Å². The fourth-order valence-electron chi connectivity index (χ4n) is 1.42. The number of hydrogen-bond acceptors (Lipinski definition) is 4. The lowest BCUT2D eigenvalue weighted by molar-refractivity contribution is -0.165. The molecule has 104 valence electrons. The van der Waals surface area contributed by atoms with Gasteiger partial charge in [0.15, 0.2) is 5.92 Å². The zero-order valence-corrected chi connectivity index (χ0v) is 10.5. The molecule has 1 unspecified atom stereocenters. The van der Waals surface area contributed by atoms with Crippen LogP contribution in [0, 0.1) is 17.2 Å². The maximum absolute atomic E-state index is 12.4. The van der Waals surface area contributed by atoms with E-state index in [9.17, 15) is 18.0 Å². The first-order chi connectivity index (χ1) is 8.35. The fraction of sp³-hybridized carbons (Fsp3) is 0.818. The van der Waals surface area contributed by atoms with E-state index in [4.69, 9.17) is 5.26 Å². The van der Waals surface area contributed by atoms with E-state index in [0.29, 0.717) is 13.0 Å². The van der Waals surface area contributed by atoms with Crippen LogP contribution in [0.5, 0.6) is 0 Å². The van der Waals surface area contributed by atoms with E-state index in [2.05, 4.69) is 4.74 Å². The van der Waals surface area contributed by atoms with Crippen molar-refractivity contribution in [2.24, 2.45) is 5.92 Å². The Bertz CT molecular complexity index is 300. The van der Waals surface area contributed by atoms with Crippen LogP contribution in [-0.4, -0.2) is 43.3 Å². The second-order valence-corrected chi connectivity index (χ2v) is 3.76. The molecule has 0 aromatic carbocycles. The number of nitrogens with zero attached hydrogens (tertiary/aromatic N) is 2. The van der Waals surface area contributed by atoms with Crippen molar-refractivity contribution in [1.82, 2.24) is 4.90 Å². The third kappa shape index (κ3) is 6.45. The van der Waals surface area contributed by atoms with Gasteiger partial charge in [-0.15, -0.1) is 0 Å². The third-order valence-corrected chi connectivity index (χ3v) is 2.19. The molecule has 0 aliphatic heterocycles. The standard InChI is InChI=1S/C11H17F3N2O2/c1-3-5-16(8-10(17)18-4-2)7-9(6-15)11(12,13)14/h9H,3-5,7-8H2,1-2H3. The molecule has 4 nitrogen and oxygen atoms in total. The van der Waals surface area contributed by atoms with Crippen LogP contribution in [0.1, 0.15) is 20.3 Å². The van der Waals surface area contributed by atoms with Crippen molar-refractivity contribution in [3.63, 3.8) is 0 Å². The van der Waals surface area contributed by atoms with Gasteiger partial charge in [0.25, 0.3) is 0 Å². The Labute approximate surface area is 104 Å². The Hall–Kier alpha value is -1.29. The molecule has 0 fully saturated rings. The van der Waals surface area contributed by atoms with Crippen molar-refractivity contribution in [3.8, 4) is 6.07 Å². The molecule has 0 heterocycles. The predicted octanol–water partition coefficient (Wildman–Crippen LogP) is 1.96. The minimum atomic E-state index is -4.57. The number of alkyl halides is 3. The molecule has 0 spiro atoms. The van der Waals surface area contributed by atoms with Crippen LogP contribution in [0.4, 0.5) is 13.2 Å². The molecule has 0 aromatic heterocycles. The molecule has 0 aromatic rings. The molecule has 0 aliphatic rings. The van der Waals surface area contributed by atoms with Crippen molar-refractivity contribution in [2.45, 2.75) is 26.4 Å². The van der Waals surface area contributed by atoms with Gasteiger partial charge in [0.2, 0.25) is 0 Å². The van der Waals surface area contributed by atoms with Gasteiger partial charge in [-0.3, -0.25) is 9.69 Å². The Morgan fingerprint density at radius 3 is 2.44 bits per heavy atom. The average Bonchev–Trinajstić information content (AvgIpc) is 2.24. The second-order valence-electron chi connectivity index (χ2n) is 3.76. The smallest absolute Gasteiger partial charge is 0.405 e.